The average molecular weight is 318 g/mol. The minimum atomic E-state index is 0.195. The maximum Gasteiger partial charge on any atom is 0.119 e. The molecule has 0 amide bonds. The fraction of sp³-hybridized carbons (Fsp3) is 0.714. The van der Waals surface area contributed by atoms with Gasteiger partial charge in [0.05, 0.1) is 0 Å². The number of nitrogens with zero attached hydrogens (tertiary/aromatic N) is 1. The molecule has 130 valence electrons. The van der Waals surface area contributed by atoms with Crippen LogP contribution in [0.2, 0.25) is 0 Å². The molecule has 1 saturated heterocycles. The van der Waals surface area contributed by atoms with Crippen molar-refractivity contribution in [2.75, 3.05) is 13.2 Å². The Kier molecular flexibility index (Phi) is 5.15. The highest BCUT2D eigenvalue weighted by Crippen LogP contribution is 2.37. The minimum Gasteiger partial charge on any atom is -0.492 e. The van der Waals surface area contributed by atoms with E-state index in [1.54, 1.807) is 0 Å². The van der Waals surface area contributed by atoms with Gasteiger partial charge in [-0.25, -0.2) is 0 Å². The third kappa shape index (κ3) is 4.50. The summed E-state index contributed by atoms with van der Waals surface area (Å²) in [6, 6.07) is 8.58. The van der Waals surface area contributed by atoms with Gasteiger partial charge < -0.3 is 4.74 Å². The molecule has 1 aromatic carbocycles. The monoisotopic (exact) mass is 317 g/mol. The van der Waals surface area contributed by atoms with E-state index in [1.807, 2.05) is 0 Å². The van der Waals surface area contributed by atoms with Crippen LogP contribution in [0, 0.1) is 0 Å². The second-order valence-corrected chi connectivity index (χ2v) is 9.25. The van der Waals surface area contributed by atoms with Crippen LogP contribution in [0.4, 0.5) is 0 Å². The largest absolute Gasteiger partial charge is 0.492 e. The smallest absolute Gasteiger partial charge is 0.119 e. The minimum absolute atomic E-state index is 0.195. The molecular formula is C21H35NO. The van der Waals surface area contributed by atoms with Crippen molar-refractivity contribution in [3.05, 3.63) is 29.8 Å². The van der Waals surface area contributed by atoms with Gasteiger partial charge in [-0.1, -0.05) is 32.9 Å². The van der Waals surface area contributed by atoms with E-state index in [-0.39, 0.29) is 16.5 Å². The Morgan fingerprint density at radius 2 is 1.48 bits per heavy atom. The summed E-state index contributed by atoms with van der Waals surface area (Å²) >= 11 is 0. The lowest BCUT2D eigenvalue weighted by molar-refractivity contribution is -0.0340. The first-order chi connectivity index (χ1) is 10.5. The van der Waals surface area contributed by atoms with Crippen LogP contribution in [0.3, 0.4) is 0 Å². The van der Waals surface area contributed by atoms with E-state index in [0.717, 1.165) is 18.9 Å². The molecule has 1 aromatic rings. The SMILES string of the molecule is CC(C)(C)c1ccc(OCCN2C(C)(C)CCCC2(C)C)cc1. The Morgan fingerprint density at radius 1 is 0.957 bits per heavy atom. The molecule has 2 nitrogen and oxygen atoms in total. The molecule has 0 spiro atoms. The normalized spacial score (nSPS) is 21.2. The van der Waals surface area contributed by atoms with Crippen molar-refractivity contribution in [3.63, 3.8) is 0 Å². The molecular weight excluding hydrogens is 282 g/mol. The van der Waals surface area contributed by atoms with Gasteiger partial charge in [0.15, 0.2) is 0 Å². The van der Waals surface area contributed by atoms with Crippen molar-refractivity contribution in [2.24, 2.45) is 0 Å². The molecule has 0 bridgehead atoms. The fourth-order valence-corrected chi connectivity index (χ4v) is 3.95. The lowest BCUT2D eigenvalue weighted by atomic mass is 9.80. The Balaban J connectivity index is 1.93. The zero-order valence-corrected chi connectivity index (χ0v) is 16.2. The Labute approximate surface area is 143 Å². The van der Waals surface area contributed by atoms with Gasteiger partial charge in [0.1, 0.15) is 12.4 Å². The molecule has 0 radical (unpaired) electrons. The van der Waals surface area contributed by atoms with E-state index in [4.69, 9.17) is 4.74 Å². The van der Waals surface area contributed by atoms with E-state index in [1.165, 1.54) is 24.8 Å². The van der Waals surface area contributed by atoms with E-state index < -0.39 is 0 Å². The van der Waals surface area contributed by atoms with Crippen molar-refractivity contribution < 1.29 is 4.74 Å². The second kappa shape index (κ2) is 6.47. The molecule has 1 fully saturated rings. The summed E-state index contributed by atoms with van der Waals surface area (Å²) < 4.78 is 6.02. The molecule has 0 aromatic heterocycles. The number of piperidine rings is 1. The van der Waals surface area contributed by atoms with Gasteiger partial charge in [-0.3, -0.25) is 4.90 Å². The molecule has 0 saturated carbocycles. The molecule has 0 unspecified atom stereocenters. The fourth-order valence-electron chi connectivity index (χ4n) is 3.95. The van der Waals surface area contributed by atoms with Crippen molar-refractivity contribution in [1.82, 2.24) is 4.90 Å². The summed E-state index contributed by atoms with van der Waals surface area (Å²) in [6.45, 7) is 17.9. The number of hydrogen-bond donors (Lipinski definition) is 0. The zero-order chi connectivity index (χ0) is 17.3. The van der Waals surface area contributed by atoms with Crippen LogP contribution in [-0.2, 0) is 5.41 Å². The summed E-state index contributed by atoms with van der Waals surface area (Å²) in [6.07, 6.45) is 3.87. The molecule has 1 aliphatic rings. The van der Waals surface area contributed by atoms with Crippen LogP contribution in [-0.4, -0.2) is 29.1 Å². The zero-order valence-electron chi connectivity index (χ0n) is 16.2. The number of rotatable bonds is 4. The third-order valence-corrected chi connectivity index (χ3v) is 5.34. The van der Waals surface area contributed by atoms with Gasteiger partial charge in [-0.05, 0) is 70.1 Å². The number of benzene rings is 1. The predicted molar refractivity (Wildman–Crippen MR) is 99.4 cm³/mol. The topological polar surface area (TPSA) is 12.5 Å². The van der Waals surface area contributed by atoms with Gasteiger partial charge in [0, 0.05) is 17.6 Å². The van der Waals surface area contributed by atoms with Gasteiger partial charge in [-0.2, -0.15) is 0 Å². The van der Waals surface area contributed by atoms with Crippen molar-refractivity contribution in [3.8, 4) is 5.75 Å². The quantitative estimate of drug-likeness (QED) is 0.736. The summed E-state index contributed by atoms with van der Waals surface area (Å²) in [5.74, 6) is 0.977. The molecule has 2 rings (SSSR count). The molecule has 0 aliphatic carbocycles. The number of ether oxygens (including phenoxy) is 1. The summed E-state index contributed by atoms with van der Waals surface area (Å²) in [4.78, 5) is 2.63. The van der Waals surface area contributed by atoms with Crippen LogP contribution in [0.15, 0.2) is 24.3 Å². The van der Waals surface area contributed by atoms with Gasteiger partial charge >= 0.3 is 0 Å². The molecule has 0 N–H and O–H groups in total. The van der Waals surface area contributed by atoms with Crippen molar-refractivity contribution >= 4 is 0 Å². The predicted octanol–water partition coefficient (Wildman–Crippen LogP) is 5.41. The van der Waals surface area contributed by atoms with E-state index in [9.17, 15) is 0 Å². The van der Waals surface area contributed by atoms with E-state index in [0.29, 0.717) is 0 Å². The van der Waals surface area contributed by atoms with Crippen LogP contribution in [0.25, 0.3) is 0 Å². The maximum atomic E-state index is 6.02. The lowest BCUT2D eigenvalue weighted by Gasteiger charge is -2.53. The first-order valence-electron chi connectivity index (χ1n) is 9.03. The third-order valence-electron chi connectivity index (χ3n) is 5.34. The second-order valence-electron chi connectivity index (χ2n) is 9.25. The highest BCUT2D eigenvalue weighted by atomic mass is 16.5. The lowest BCUT2D eigenvalue weighted by Crippen LogP contribution is -2.59. The van der Waals surface area contributed by atoms with Crippen LogP contribution < -0.4 is 4.74 Å². The Hall–Kier alpha value is -1.02. The van der Waals surface area contributed by atoms with Gasteiger partial charge in [0.25, 0.3) is 0 Å². The van der Waals surface area contributed by atoms with Crippen LogP contribution >= 0.6 is 0 Å². The summed E-state index contributed by atoms with van der Waals surface area (Å²) in [5, 5.41) is 0. The average Bonchev–Trinajstić information content (AvgIpc) is 2.41. The van der Waals surface area contributed by atoms with E-state index in [2.05, 4.69) is 77.6 Å². The van der Waals surface area contributed by atoms with Gasteiger partial charge in [0.2, 0.25) is 0 Å². The maximum absolute atomic E-state index is 6.02. The molecule has 23 heavy (non-hydrogen) atoms. The Bertz CT molecular complexity index is 492. The van der Waals surface area contributed by atoms with Crippen LogP contribution in [0.5, 0.6) is 5.75 Å². The highest BCUT2D eigenvalue weighted by molar-refractivity contribution is 5.31. The number of likely N-dealkylation sites (tertiary alicyclic amines) is 1. The van der Waals surface area contributed by atoms with Crippen molar-refractivity contribution in [1.29, 1.82) is 0 Å². The first-order valence-corrected chi connectivity index (χ1v) is 9.03. The summed E-state index contributed by atoms with van der Waals surface area (Å²) in [5.41, 5.74) is 2.08. The summed E-state index contributed by atoms with van der Waals surface area (Å²) in [7, 11) is 0. The van der Waals surface area contributed by atoms with E-state index >= 15 is 0 Å². The Morgan fingerprint density at radius 3 is 1.96 bits per heavy atom. The standard InChI is InChI=1S/C21H35NO/c1-19(2,3)17-9-11-18(12-10-17)23-16-15-22-20(4,5)13-8-14-21(22,6)7/h9-12H,8,13-16H2,1-7H3. The molecule has 1 heterocycles. The van der Waals surface area contributed by atoms with Crippen LogP contribution in [0.1, 0.15) is 73.3 Å². The molecule has 2 heteroatoms. The highest BCUT2D eigenvalue weighted by Gasteiger charge is 2.40. The molecule has 0 atom stereocenters. The van der Waals surface area contributed by atoms with Crippen molar-refractivity contribution in [2.45, 2.75) is 84.2 Å². The molecule has 1 aliphatic heterocycles. The van der Waals surface area contributed by atoms with Gasteiger partial charge in [-0.15, -0.1) is 0 Å². The first kappa shape index (κ1) is 18.3. The number of hydrogen-bond acceptors (Lipinski definition) is 2.